The molecule has 2 aliphatic carbocycles. The van der Waals surface area contributed by atoms with Crippen LogP contribution >= 0.6 is 0 Å². The van der Waals surface area contributed by atoms with E-state index >= 15 is 0 Å². The van der Waals surface area contributed by atoms with E-state index in [0.29, 0.717) is 24.8 Å². The predicted molar refractivity (Wildman–Crippen MR) is 108 cm³/mol. The van der Waals surface area contributed by atoms with Crippen LogP contribution in [0, 0.1) is 29.6 Å². The third-order valence-corrected chi connectivity index (χ3v) is 5.74. The molecule has 1 amide bonds. The Hall–Kier alpha value is -2.65. The molecule has 0 aliphatic heterocycles. The summed E-state index contributed by atoms with van der Waals surface area (Å²) >= 11 is 0. The number of carbonyl (C=O) groups is 1. The molecule has 1 aromatic heterocycles. The first-order valence-electron chi connectivity index (χ1n) is 10.1. The molecule has 1 aromatic carbocycles. The van der Waals surface area contributed by atoms with Crippen molar-refractivity contribution < 1.29 is 14.3 Å². The lowest BCUT2D eigenvalue weighted by Crippen LogP contribution is -2.32. The lowest BCUT2D eigenvalue weighted by atomic mass is 10.1. The third kappa shape index (κ3) is 4.26. The first-order chi connectivity index (χ1) is 13.8. The van der Waals surface area contributed by atoms with Crippen molar-refractivity contribution in [2.24, 2.45) is 17.8 Å². The molecule has 6 nitrogen and oxygen atoms in total. The van der Waals surface area contributed by atoms with Crippen molar-refractivity contribution >= 4 is 17.0 Å². The average Bonchev–Trinajstić information content (AvgIpc) is 3.15. The van der Waals surface area contributed by atoms with E-state index in [0.717, 1.165) is 47.9 Å². The van der Waals surface area contributed by atoms with E-state index in [9.17, 15) is 4.79 Å². The molecule has 3 N–H and O–H groups in total. The van der Waals surface area contributed by atoms with Gasteiger partial charge in [0.2, 0.25) is 0 Å². The Balaban J connectivity index is 1.36. The Morgan fingerprint density at radius 2 is 2.00 bits per heavy atom. The molecule has 1 heterocycles. The molecule has 1 saturated carbocycles. The Morgan fingerprint density at radius 1 is 1.21 bits per heavy atom. The van der Waals surface area contributed by atoms with Gasteiger partial charge in [-0.1, -0.05) is 0 Å². The number of aromatic amines is 1. The monoisotopic (exact) mass is 381 g/mol. The van der Waals surface area contributed by atoms with Gasteiger partial charge in [-0.05, 0) is 55.8 Å². The van der Waals surface area contributed by atoms with Gasteiger partial charge in [0.1, 0.15) is 5.75 Å². The summed E-state index contributed by atoms with van der Waals surface area (Å²) in [6, 6.07) is 5.86. The standard InChI is InChI=1S/C22H27N3O3/c1-23-10-11-24-22(26)28-21-13-25-20-9-8-15(12-18(20)21)27-14-19-16-6-4-2-3-5-7-17(16)19/h8-9,12-13,16-17,19,23,25H,4-7,10-11,14H2,1H3,(H,24,26)/t16-,17+,19-. The van der Waals surface area contributed by atoms with Crippen molar-refractivity contribution in [1.82, 2.24) is 15.6 Å². The maximum atomic E-state index is 11.9. The summed E-state index contributed by atoms with van der Waals surface area (Å²) in [4.78, 5) is 15.1. The lowest BCUT2D eigenvalue weighted by molar-refractivity contribution is 0.201. The normalized spacial score (nSPS) is 23.0. The number of likely N-dealkylation sites (N-methyl/N-ethyl adjacent to an activating group) is 1. The fourth-order valence-corrected chi connectivity index (χ4v) is 4.15. The van der Waals surface area contributed by atoms with E-state index < -0.39 is 6.09 Å². The van der Waals surface area contributed by atoms with Crippen LogP contribution in [0.1, 0.15) is 25.7 Å². The zero-order chi connectivity index (χ0) is 19.3. The second-order valence-electron chi connectivity index (χ2n) is 7.51. The Labute approximate surface area is 165 Å². The van der Waals surface area contributed by atoms with Crippen molar-refractivity contribution in [3.8, 4) is 23.3 Å². The summed E-state index contributed by atoms with van der Waals surface area (Å²) in [6.07, 6.45) is 5.67. The Morgan fingerprint density at radius 3 is 2.75 bits per heavy atom. The second kappa shape index (κ2) is 8.57. The van der Waals surface area contributed by atoms with E-state index in [2.05, 4.69) is 27.5 Å². The fraction of sp³-hybridized carbons (Fsp3) is 0.500. The summed E-state index contributed by atoms with van der Waals surface area (Å²) in [5.41, 5.74) is 0.913. The number of rotatable bonds is 7. The van der Waals surface area contributed by atoms with Crippen molar-refractivity contribution in [2.45, 2.75) is 25.7 Å². The van der Waals surface area contributed by atoms with E-state index in [1.807, 2.05) is 25.2 Å². The maximum Gasteiger partial charge on any atom is 0.412 e. The van der Waals surface area contributed by atoms with E-state index in [1.54, 1.807) is 6.20 Å². The molecule has 2 aliphatic rings. The van der Waals surface area contributed by atoms with Gasteiger partial charge in [-0.3, -0.25) is 0 Å². The van der Waals surface area contributed by atoms with Gasteiger partial charge < -0.3 is 25.1 Å². The van der Waals surface area contributed by atoms with Gasteiger partial charge in [0.15, 0.2) is 5.75 Å². The largest absolute Gasteiger partial charge is 0.493 e. The molecule has 1 fully saturated rings. The fourth-order valence-electron chi connectivity index (χ4n) is 4.15. The van der Waals surface area contributed by atoms with Crippen LogP contribution < -0.4 is 20.1 Å². The lowest BCUT2D eigenvalue weighted by Gasteiger charge is -2.08. The number of amides is 1. The van der Waals surface area contributed by atoms with Gasteiger partial charge in [0.05, 0.1) is 6.61 Å². The summed E-state index contributed by atoms with van der Waals surface area (Å²) in [6.45, 7) is 1.95. The molecule has 2 aromatic rings. The number of ether oxygens (including phenoxy) is 2. The van der Waals surface area contributed by atoms with Crippen LogP contribution in [-0.4, -0.2) is 37.8 Å². The minimum Gasteiger partial charge on any atom is -0.493 e. The molecule has 0 saturated heterocycles. The number of H-pyrrole nitrogens is 1. The average molecular weight is 381 g/mol. The molecule has 0 spiro atoms. The van der Waals surface area contributed by atoms with Gasteiger partial charge in [-0.15, -0.1) is 11.8 Å². The highest BCUT2D eigenvalue weighted by Crippen LogP contribution is 2.52. The van der Waals surface area contributed by atoms with Crippen molar-refractivity contribution in [3.05, 3.63) is 24.4 Å². The van der Waals surface area contributed by atoms with Crippen LogP contribution in [0.5, 0.6) is 11.5 Å². The molecule has 0 unspecified atom stereocenters. The maximum absolute atomic E-state index is 11.9. The highest BCUT2D eigenvalue weighted by Gasteiger charge is 2.49. The van der Waals surface area contributed by atoms with Crippen molar-refractivity contribution in [2.75, 3.05) is 26.7 Å². The van der Waals surface area contributed by atoms with Gasteiger partial charge in [0, 0.05) is 43.0 Å². The van der Waals surface area contributed by atoms with E-state index in [4.69, 9.17) is 9.47 Å². The number of fused-ring (bicyclic) bond motifs is 2. The first-order valence-corrected chi connectivity index (χ1v) is 10.1. The van der Waals surface area contributed by atoms with E-state index in [1.165, 1.54) is 12.8 Å². The molecule has 148 valence electrons. The van der Waals surface area contributed by atoms with Crippen LogP contribution in [0.15, 0.2) is 24.4 Å². The van der Waals surface area contributed by atoms with Crippen LogP contribution in [0.4, 0.5) is 4.79 Å². The number of nitrogens with one attached hydrogen (secondary N) is 3. The molecular formula is C22H27N3O3. The minimum absolute atomic E-state index is 0.459. The molecule has 0 bridgehead atoms. The molecule has 3 atom stereocenters. The Kier molecular flexibility index (Phi) is 5.73. The second-order valence-corrected chi connectivity index (χ2v) is 7.51. The van der Waals surface area contributed by atoms with Crippen LogP contribution in [0.2, 0.25) is 0 Å². The molecule has 0 radical (unpaired) electrons. The van der Waals surface area contributed by atoms with E-state index in [-0.39, 0.29) is 0 Å². The van der Waals surface area contributed by atoms with Gasteiger partial charge in [0.25, 0.3) is 0 Å². The highest BCUT2D eigenvalue weighted by atomic mass is 16.6. The molecule has 28 heavy (non-hydrogen) atoms. The topological polar surface area (TPSA) is 75.4 Å². The zero-order valence-electron chi connectivity index (χ0n) is 16.2. The molecule has 6 heteroatoms. The van der Waals surface area contributed by atoms with Crippen LogP contribution in [0.25, 0.3) is 10.9 Å². The van der Waals surface area contributed by atoms with Gasteiger partial charge >= 0.3 is 6.09 Å². The number of carbonyl (C=O) groups excluding carboxylic acids is 1. The van der Waals surface area contributed by atoms with Crippen molar-refractivity contribution in [3.63, 3.8) is 0 Å². The number of hydrogen-bond acceptors (Lipinski definition) is 4. The van der Waals surface area contributed by atoms with Gasteiger partial charge in [-0.25, -0.2) is 4.79 Å². The summed E-state index contributed by atoms with van der Waals surface area (Å²) in [5.74, 6) is 9.99. The van der Waals surface area contributed by atoms with Crippen LogP contribution in [0.3, 0.4) is 0 Å². The first kappa shape index (κ1) is 18.7. The van der Waals surface area contributed by atoms with Gasteiger partial charge in [-0.2, -0.15) is 0 Å². The minimum atomic E-state index is -0.459. The highest BCUT2D eigenvalue weighted by molar-refractivity contribution is 5.89. The molecular weight excluding hydrogens is 354 g/mol. The quantitative estimate of drug-likeness (QED) is 0.508. The predicted octanol–water partition coefficient (Wildman–Crippen LogP) is 3.29. The summed E-state index contributed by atoms with van der Waals surface area (Å²) in [7, 11) is 1.83. The smallest absolute Gasteiger partial charge is 0.412 e. The number of hydrogen-bond donors (Lipinski definition) is 3. The number of benzene rings is 1. The third-order valence-electron chi connectivity index (χ3n) is 5.74. The SMILES string of the molecule is CNCCNC(=O)Oc1c[nH]c2ccc(OC[C@@H]3[C@@H]4CCC#CCC[C@@H]43)cc12. The van der Waals surface area contributed by atoms with Crippen molar-refractivity contribution in [1.29, 1.82) is 0 Å². The molecule has 4 rings (SSSR count). The summed E-state index contributed by atoms with van der Waals surface area (Å²) in [5, 5.41) is 6.53. The Bertz CT molecular complexity index is 877. The van der Waals surface area contributed by atoms with Crippen LogP contribution in [-0.2, 0) is 0 Å². The zero-order valence-corrected chi connectivity index (χ0v) is 16.2. The summed E-state index contributed by atoms with van der Waals surface area (Å²) < 4.78 is 11.5. The number of aromatic nitrogens is 1.